The van der Waals surface area contributed by atoms with Crippen molar-refractivity contribution in [2.75, 3.05) is 0 Å². The molecule has 0 aliphatic carbocycles. The third-order valence-electron chi connectivity index (χ3n) is 2.84. The predicted octanol–water partition coefficient (Wildman–Crippen LogP) is 4.33. The molecule has 2 aromatic rings. The van der Waals surface area contributed by atoms with Crippen LogP contribution in [0.3, 0.4) is 0 Å². The van der Waals surface area contributed by atoms with Crippen LogP contribution in [0.4, 0.5) is 8.78 Å². The Bertz CT molecular complexity index is 617. The van der Waals surface area contributed by atoms with Crippen molar-refractivity contribution in [3.63, 3.8) is 0 Å². The molecular formula is C15H14BrF2NO. The van der Waals surface area contributed by atoms with Crippen molar-refractivity contribution in [2.45, 2.75) is 19.6 Å². The minimum absolute atomic E-state index is 0.151. The lowest BCUT2D eigenvalue weighted by Gasteiger charge is -2.14. The van der Waals surface area contributed by atoms with Crippen LogP contribution in [-0.4, -0.2) is 0 Å². The second-order valence-electron chi connectivity index (χ2n) is 4.51. The van der Waals surface area contributed by atoms with Crippen LogP contribution >= 0.6 is 15.9 Å². The number of ether oxygens (including phenoxy) is 1. The van der Waals surface area contributed by atoms with E-state index in [0.717, 1.165) is 22.2 Å². The van der Waals surface area contributed by atoms with Crippen LogP contribution in [0.5, 0.6) is 5.75 Å². The Labute approximate surface area is 124 Å². The van der Waals surface area contributed by atoms with Gasteiger partial charge in [-0.15, -0.1) is 0 Å². The smallest absolute Gasteiger partial charge is 0.159 e. The lowest BCUT2D eigenvalue weighted by Crippen LogP contribution is -2.08. The molecule has 0 heterocycles. The van der Waals surface area contributed by atoms with Gasteiger partial charge in [0, 0.05) is 16.1 Å². The summed E-state index contributed by atoms with van der Waals surface area (Å²) in [4.78, 5) is 0. The summed E-state index contributed by atoms with van der Waals surface area (Å²) in [6.45, 7) is 2.00. The Kier molecular flexibility index (Phi) is 4.73. The van der Waals surface area contributed by atoms with E-state index < -0.39 is 11.6 Å². The zero-order valence-corrected chi connectivity index (χ0v) is 12.5. The van der Waals surface area contributed by atoms with Gasteiger partial charge in [0.25, 0.3) is 0 Å². The van der Waals surface area contributed by atoms with Crippen molar-refractivity contribution in [2.24, 2.45) is 5.73 Å². The fourth-order valence-corrected chi connectivity index (χ4v) is 2.18. The molecule has 0 aliphatic heterocycles. The quantitative estimate of drug-likeness (QED) is 0.898. The average Bonchev–Trinajstić information content (AvgIpc) is 2.41. The molecule has 0 bridgehead atoms. The maximum Gasteiger partial charge on any atom is 0.159 e. The number of benzene rings is 2. The highest BCUT2D eigenvalue weighted by molar-refractivity contribution is 9.10. The molecule has 0 aromatic heterocycles. The molecule has 0 saturated carbocycles. The number of rotatable bonds is 4. The van der Waals surface area contributed by atoms with E-state index in [1.165, 1.54) is 6.07 Å². The Hall–Kier alpha value is -1.46. The van der Waals surface area contributed by atoms with Gasteiger partial charge in [-0.3, -0.25) is 0 Å². The van der Waals surface area contributed by atoms with Gasteiger partial charge in [0.15, 0.2) is 11.6 Å². The summed E-state index contributed by atoms with van der Waals surface area (Å²) in [5.74, 6) is -1.11. The first kappa shape index (κ1) is 14.9. The highest BCUT2D eigenvalue weighted by Gasteiger charge is 2.10. The maximum absolute atomic E-state index is 13.1. The second kappa shape index (κ2) is 6.33. The molecule has 0 saturated heterocycles. The number of hydrogen-bond acceptors (Lipinski definition) is 2. The van der Waals surface area contributed by atoms with Crippen LogP contribution < -0.4 is 10.5 Å². The normalized spacial score (nSPS) is 12.2. The third-order valence-corrected chi connectivity index (χ3v) is 3.33. The second-order valence-corrected chi connectivity index (χ2v) is 5.42. The lowest BCUT2D eigenvalue weighted by molar-refractivity contribution is 0.300. The van der Waals surface area contributed by atoms with Gasteiger partial charge in [-0.05, 0) is 42.8 Å². The molecule has 0 fully saturated rings. The van der Waals surface area contributed by atoms with Crippen molar-refractivity contribution in [1.82, 2.24) is 0 Å². The summed E-state index contributed by atoms with van der Waals surface area (Å²) in [5.41, 5.74) is 7.29. The molecule has 2 rings (SSSR count). The van der Waals surface area contributed by atoms with Gasteiger partial charge in [0.2, 0.25) is 0 Å². The minimum Gasteiger partial charge on any atom is -0.489 e. The fraction of sp³-hybridized carbons (Fsp3) is 0.200. The lowest BCUT2D eigenvalue weighted by atomic mass is 10.1. The summed E-state index contributed by atoms with van der Waals surface area (Å²) in [7, 11) is 0. The van der Waals surface area contributed by atoms with Gasteiger partial charge >= 0.3 is 0 Å². The molecule has 0 radical (unpaired) electrons. The van der Waals surface area contributed by atoms with Crippen LogP contribution in [0.15, 0.2) is 40.9 Å². The van der Waals surface area contributed by atoms with Gasteiger partial charge < -0.3 is 10.5 Å². The van der Waals surface area contributed by atoms with E-state index in [1.807, 2.05) is 19.1 Å². The molecule has 20 heavy (non-hydrogen) atoms. The first-order chi connectivity index (χ1) is 9.47. The van der Waals surface area contributed by atoms with Gasteiger partial charge in [-0.2, -0.15) is 0 Å². The molecule has 2 N–H and O–H groups in total. The van der Waals surface area contributed by atoms with Crippen molar-refractivity contribution < 1.29 is 13.5 Å². The zero-order valence-electron chi connectivity index (χ0n) is 10.9. The molecule has 0 spiro atoms. The SMILES string of the molecule is C[C@H](N)c1cc(Br)ccc1OCc1ccc(F)c(F)c1. The Morgan fingerprint density at radius 2 is 1.90 bits per heavy atom. The maximum atomic E-state index is 13.1. The van der Waals surface area contributed by atoms with Crippen LogP contribution in [0.25, 0.3) is 0 Å². The van der Waals surface area contributed by atoms with Crippen LogP contribution in [0.1, 0.15) is 24.1 Å². The molecular weight excluding hydrogens is 328 g/mol. The summed E-state index contributed by atoms with van der Waals surface area (Å²) in [6, 6.07) is 9.03. The van der Waals surface area contributed by atoms with Crippen molar-refractivity contribution in [3.8, 4) is 5.75 Å². The van der Waals surface area contributed by atoms with Crippen LogP contribution in [-0.2, 0) is 6.61 Å². The summed E-state index contributed by atoms with van der Waals surface area (Å²) in [6.07, 6.45) is 0. The monoisotopic (exact) mass is 341 g/mol. The van der Waals surface area contributed by atoms with Crippen LogP contribution in [0.2, 0.25) is 0 Å². The molecule has 0 amide bonds. The predicted molar refractivity (Wildman–Crippen MR) is 77.4 cm³/mol. The van der Waals surface area contributed by atoms with Crippen LogP contribution in [0, 0.1) is 11.6 Å². The summed E-state index contributed by atoms with van der Waals surface area (Å²) in [5, 5.41) is 0. The Morgan fingerprint density at radius 3 is 2.55 bits per heavy atom. The molecule has 1 atom stereocenters. The molecule has 0 unspecified atom stereocenters. The minimum atomic E-state index is -0.880. The Balaban J connectivity index is 2.16. The highest BCUT2D eigenvalue weighted by atomic mass is 79.9. The summed E-state index contributed by atoms with van der Waals surface area (Å²) >= 11 is 3.38. The van der Waals surface area contributed by atoms with E-state index in [0.29, 0.717) is 11.3 Å². The van der Waals surface area contributed by atoms with Crippen molar-refractivity contribution in [1.29, 1.82) is 0 Å². The number of halogens is 3. The highest BCUT2D eigenvalue weighted by Crippen LogP contribution is 2.28. The molecule has 0 aliphatic rings. The van der Waals surface area contributed by atoms with Crippen molar-refractivity contribution >= 4 is 15.9 Å². The van der Waals surface area contributed by atoms with E-state index in [2.05, 4.69) is 15.9 Å². The largest absolute Gasteiger partial charge is 0.489 e. The Morgan fingerprint density at radius 1 is 1.15 bits per heavy atom. The molecule has 2 aromatic carbocycles. The average molecular weight is 342 g/mol. The van der Waals surface area contributed by atoms with E-state index in [4.69, 9.17) is 10.5 Å². The van der Waals surface area contributed by atoms with Gasteiger partial charge in [0.05, 0.1) is 0 Å². The van der Waals surface area contributed by atoms with Gasteiger partial charge in [0.1, 0.15) is 12.4 Å². The molecule has 2 nitrogen and oxygen atoms in total. The number of hydrogen-bond donors (Lipinski definition) is 1. The van der Waals surface area contributed by atoms with Gasteiger partial charge in [-0.25, -0.2) is 8.78 Å². The van der Waals surface area contributed by atoms with Gasteiger partial charge in [-0.1, -0.05) is 22.0 Å². The number of nitrogens with two attached hydrogens (primary N) is 1. The molecule has 106 valence electrons. The van der Waals surface area contributed by atoms with E-state index >= 15 is 0 Å². The van der Waals surface area contributed by atoms with E-state index in [9.17, 15) is 8.78 Å². The molecule has 5 heteroatoms. The summed E-state index contributed by atoms with van der Waals surface area (Å²) < 4.78 is 32.5. The topological polar surface area (TPSA) is 35.2 Å². The standard InChI is InChI=1S/C15H14BrF2NO/c1-9(19)12-7-11(16)3-5-15(12)20-8-10-2-4-13(17)14(18)6-10/h2-7,9H,8,19H2,1H3/t9-/m0/s1. The first-order valence-corrected chi connectivity index (χ1v) is 6.88. The fourth-order valence-electron chi connectivity index (χ4n) is 1.80. The van der Waals surface area contributed by atoms with E-state index in [-0.39, 0.29) is 12.6 Å². The third kappa shape index (κ3) is 3.55. The zero-order chi connectivity index (χ0) is 14.7. The first-order valence-electron chi connectivity index (χ1n) is 6.09. The van der Waals surface area contributed by atoms with E-state index in [1.54, 1.807) is 6.07 Å². The van der Waals surface area contributed by atoms with Crippen molar-refractivity contribution in [3.05, 3.63) is 63.6 Å².